The van der Waals surface area contributed by atoms with Gasteiger partial charge in [-0.15, -0.1) is 0 Å². The van der Waals surface area contributed by atoms with Crippen molar-refractivity contribution < 1.29 is 10.9 Å². The number of benzene rings is 1. The smallest absolute Gasteiger partial charge is 0.310 e. The number of esters is 1. The third kappa shape index (κ3) is 5.55. The van der Waals surface area contributed by atoms with Crippen LogP contribution in [-0.2, 0) is 22.5 Å². The molecule has 4 heteroatoms. The highest BCUT2D eigenvalue weighted by Crippen LogP contribution is 2.37. The lowest BCUT2D eigenvalue weighted by atomic mass is 9.73. The first-order valence-electron chi connectivity index (χ1n) is 10.1. The lowest BCUT2D eigenvalue weighted by Crippen LogP contribution is -2.45. The Morgan fingerprint density at radius 1 is 1.31 bits per heavy atom. The van der Waals surface area contributed by atoms with Gasteiger partial charge in [-0.1, -0.05) is 45.0 Å². The third-order valence-corrected chi connectivity index (χ3v) is 4.99. The molecule has 0 saturated carbocycles. The summed E-state index contributed by atoms with van der Waals surface area (Å²) in [7, 11) is 0. The molecule has 3 N–H and O–H groups in total. The minimum absolute atomic E-state index is 0.0210. The number of carbonyl (C=O) groups is 1. The van der Waals surface area contributed by atoms with Crippen molar-refractivity contribution in [3.8, 4) is 0 Å². The molecule has 0 aromatic heterocycles. The largest absolute Gasteiger partial charge is 0.460 e. The molecule has 2 rings (SSSR count). The van der Waals surface area contributed by atoms with Gasteiger partial charge in [0.05, 0.1) is 5.92 Å². The molecule has 0 spiro atoms. The SMILES string of the molecule is [2H]N1CC[C@H]([C@H](Cc2cccc(CN)c2)C(=O)OC(C)(C)C)C1C(C)(C)C. The predicted octanol–water partition coefficient (Wildman–Crippen LogP) is 3.67. The number of rotatable bonds is 5. The predicted molar refractivity (Wildman–Crippen MR) is 107 cm³/mol. The Labute approximate surface area is 160 Å². The van der Waals surface area contributed by atoms with E-state index < -0.39 is 5.60 Å². The van der Waals surface area contributed by atoms with Gasteiger partial charge in [-0.2, -0.15) is 0 Å². The number of nitrogens with two attached hydrogens (primary N) is 1. The Hall–Kier alpha value is -1.39. The minimum atomic E-state index is -0.523. The van der Waals surface area contributed by atoms with E-state index in [-0.39, 0.29) is 29.3 Å². The molecule has 1 heterocycles. The molecule has 0 bridgehead atoms. The Morgan fingerprint density at radius 2 is 1.96 bits per heavy atom. The second kappa shape index (κ2) is 8.10. The molecule has 1 saturated heterocycles. The van der Waals surface area contributed by atoms with Gasteiger partial charge in [0, 0.05) is 12.6 Å². The van der Waals surface area contributed by atoms with Gasteiger partial charge in [-0.25, -0.2) is 0 Å². The van der Waals surface area contributed by atoms with Crippen LogP contribution in [0.2, 0.25) is 1.41 Å². The first-order valence-corrected chi connectivity index (χ1v) is 9.68. The Bertz CT molecular complexity index is 648. The fourth-order valence-electron chi connectivity index (χ4n) is 3.92. The Morgan fingerprint density at radius 3 is 2.54 bits per heavy atom. The van der Waals surface area contributed by atoms with Crippen LogP contribution < -0.4 is 11.0 Å². The molecule has 26 heavy (non-hydrogen) atoms. The van der Waals surface area contributed by atoms with Gasteiger partial charge in [0.1, 0.15) is 7.01 Å². The highest BCUT2D eigenvalue weighted by atomic mass is 16.6. The summed E-state index contributed by atoms with van der Waals surface area (Å²) in [4.78, 5) is 13.2. The van der Waals surface area contributed by atoms with Crippen molar-refractivity contribution in [2.75, 3.05) is 6.54 Å². The number of ether oxygens (including phenoxy) is 1. The topological polar surface area (TPSA) is 64.3 Å². The van der Waals surface area contributed by atoms with Gasteiger partial charge < -0.3 is 15.8 Å². The molecule has 146 valence electrons. The van der Waals surface area contributed by atoms with Crippen LogP contribution in [-0.4, -0.2) is 24.2 Å². The molecule has 3 atom stereocenters. The normalized spacial score (nSPS) is 23.6. The van der Waals surface area contributed by atoms with Gasteiger partial charge in [0.25, 0.3) is 0 Å². The molecule has 0 radical (unpaired) electrons. The van der Waals surface area contributed by atoms with E-state index in [0.717, 1.165) is 17.5 Å². The molecular formula is C22H36N2O2. The first kappa shape index (κ1) is 19.4. The van der Waals surface area contributed by atoms with Crippen LogP contribution >= 0.6 is 0 Å². The van der Waals surface area contributed by atoms with Gasteiger partial charge in [-0.3, -0.25) is 4.79 Å². The summed E-state index contributed by atoms with van der Waals surface area (Å²) in [6.45, 7) is 13.3. The standard InChI is InChI=1S/C22H36N2O2/c1-21(2,3)19-17(10-11-24-19)18(20(25)26-22(4,5)6)13-15-8-7-9-16(12-15)14-23/h7-9,12,17-19,24H,10-11,13-14,23H2,1-6H3/t17-,18+,19?/m1/s1/i/hD. The van der Waals surface area contributed by atoms with Crippen LogP contribution in [0, 0.1) is 17.3 Å². The van der Waals surface area contributed by atoms with Crippen LogP contribution in [0.1, 0.15) is 59.1 Å². The average molecular weight is 362 g/mol. The molecule has 4 nitrogen and oxygen atoms in total. The van der Waals surface area contributed by atoms with Crippen LogP contribution in [0.25, 0.3) is 0 Å². The summed E-state index contributed by atoms with van der Waals surface area (Å²) in [6.07, 6.45) is 1.46. The van der Waals surface area contributed by atoms with Crippen LogP contribution in [0.15, 0.2) is 24.3 Å². The summed E-state index contributed by atoms with van der Waals surface area (Å²) < 4.78 is 14.2. The quantitative estimate of drug-likeness (QED) is 0.786. The fraction of sp³-hybridized carbons (Fsp3) is 0.682. The highest BCUT2D eigenvalue weighted by Gasteiger charge is 2.43. The first-order chi connectivity index (χ1) is 12.4. The lowest BCUT2D eigenvalue weighted by Gasteiger charge is -2.36. The summed E-state index contributed by atoms with van der Waals surface area (Å²) in [5, 5.41) is 1.67. The Kier molecular flexibility index (Phi) is 6.03. The van der Waals surface area contributed by atoms with Crippen molar-refractivity contribution in [2.45, 2.75) is 72.6 Å². The van der Waals surface area contributed by atoms with E-state index in [9.17, 15) is 4.79 Å². The third-order valence-electron chi connectivity index (χ3n) is 4.99. The lowest BCUT2D eigenvalue weighted by molar-refractivity contribution is -0.162. The van der Waals surface area contributed by atoms with Crippen molar-refractivity contribution in [2.24, 2.45) is 23.0 Å². The van der Waals surface area contributed by atoms with E-state index in [1.165, 1.54) is 0 Å². The van der Waals surface area contributed by atoms with E-state index >= 15 is 0 Å². The molecule has 1 aromatic rings. The van der Waals surface area contributed by atoms with E-state index in [1.54, 1.807) is 5.31 Å². The molecule has 1 unspecified atom stereocenters. The van der Waals surface area contributed by atoms with Crippen molar-refractivity contribution in [1.29, 1.82) is 0 Å². The maximum Gasteiger partial charge on any atom is 0.310 e. The molecule has 0 aliphatic carbocycles. The second-order valence-corrected chi connectivity index (χ2v) is 9.54. The maximum atomic E-state index is 13.2. The number of hydrogen-bond acceptors (Lipinski definition) is 4. The summed E-state index contributed by atoms with van der Waals surface area (Å²) in [6, 6.07) is 8.15. The van der Waals surface area contributed by atoms with Crippen LogP contribution in [0.3, 0.4) is 0 Å². The van der Waals surface area contributed by atoms with Crippen molar-refractivity contribution in [3.05, 3.63) is 35.4 Å². The second-order valence-electron chi connectivity index (χ2n) is 9.54. The van der Waals surface area contributed by atoms with Crippen molar-refractivity contribution >= 4 is 5.97 Å². The summed E-state index contributed by atoms with van der Waals surface area (Å²) in [5.41, 5.74) is 7.35. The van der Waals surface area contributed by atoms with Gasteiger partial charge in [0.2, 0.25) is 0 Å². The molecule has 0 amide bonds. The summed E-state index contributed by atoms with van der Waals surface area (Å²) >= 11 is 0. The minimum Gasteiger partial charge on any atom is -0.460 e. The fourth-order valence-corrected chi connectivity index (χ4v) is 3.92. The van der Waals surface area contributed by atoms with Crippen LogP contribution in [0.5, 0.6) is 0 Å². The number of hydrogen-bond donors (Lipinski definition) is 2. The molecular weight excluding hydrogens is 324 g/mol. The highest BCUT2D eigenvalue weighted by molar-refractivity contribution is 5.74. The number of nitrogens with one attached hydrogen (secondary N) is 1. The zero-order valence-electron chi connectivity index (χ0n) is 18.2. The zero-order valence-corrected chi connectivity index (χ0v) is 17.2. The van der Waals surface area contributed by atoms with E-state index in [4.69, 9.17) is 11.9 Å². The van der Waals surface area contributed by atoms with Gasteiger partial charge in [0.15, 0.2) is 0 Å². The zero-order chi connectivity index (χ0) is 20.4. The molecule has 1 fully saturated rings. The maximum absolute atomic E-state index is 13.2. The van der Waals surface area contributed by atoms with E-state index in [1.807, 2.05) is 32.9 Å². The van der Waals surface area contributed by atoms with Crippen molar-refractivity contribution in [1.82, 2.24) is 5.31 Å². The van der Waals surface area contributed by atoms with Crippen LogP contribution in [0.4, 0.5) is 0 Å². The van der Waals surface area contributed by atoms with Gasteiger partial charge >= 0.3 is 5.97 Å². The molecule has 1 aliphatic heterocycles. The van der Waals surface area contributed by atoms with E-state index in [0.29, 0.717) is 19.5 Å². The van der Waals surface area contributed by atoms with Gasteiger partial charge in [-0.05, 0) is 62.6 Å². The molecule has 1 aliphatic rings. The van der Waals surface area contributed by atoms with Crippen molar-refractivity contribution in [3.63, 3.8) is 0 Å². The molecule has 1 aromatic carbocycles. The number of carbonyl (C=O) groups excluding carboxylic acids is 1. The summed E-state index contributed by atoms with van der Waals surface area (Å²) in [5.74, 6) is -0.328. The average Bonchev–Trinajstić information content (AvgIpc) is 2.92. The Balaban J connectivity index is 2.35. The van der Waals surface area contributed by atoms with E-state index in [2.05, 4.69) is 32.9 Å². The monoisotopic (exact) mass is 361 g/mol.